The van der Waals surface area contributed by atoms with E-state index in [4.69, 9.17) is 9.72 Å². The molecule has 0 aliphatic carbocycles. The molecule has 6 nitrogen and oxygen atoms in total. The predicted octanol–water partition coefficient (Wildman–Crippen LogP) is 5.69. The highest BCUT2D eigenvalue weighted by atomic mass is 32.2. The first kappa shape index (κ1) is 23.1. The highest BCUT2D eigenvalue weighted by Gasteiger charge is 2.19. The highest BCUT2D eigenvalue weighted by Crippen LogP contribution is 2.37. The van der Waals surface area contributed by atoms with Crippen molar-refractivity contribution in [1.82, 2.24) is 14.5 Å². The van der Waals surface area contributed by atoms with Gasteiger partial charge in [0.05, 0.1) is 22.8 Å². The maximum Gasteiger partial charge on any atom is 0.178 e. The van der Waals surface area contributed by atoms with E-state index in [-0.39, 0.29) is 5.75 Å². The van der Waals surface area contributed by atoms with Crippen LogP contribution in [-0.2, 0) is 16.3 Å². The summed E-state index contributed by atoms with van der Waals surface area (Å²) in [6.07, 6.45) is 5.29. The average molecular weight is 486 g/mol. The lowest BCUT2D eigenvalue weighted by atomic mass is 10.1. The molecule has 0 atom stereocenters. The van der Waals surface area contributed by atoms with Gasteiger partial charge >= 0.3 is 0 Å². The van der Waals surface area contributed by atoms with Crippen molar-refractivity contribution in [3.8, 4) is 11.4 Å². The summed E-state index contributed by atoms with van der Waals surface area (Å²) in [6.45, 7) is 4.21. The minimum atomic E-state index is -3.35. The van der Waals surface area contributed by atoms with E-state index in [0.717, 1.165) is 57.5 Å². The summed E-state index contributed by atoms with van der Waals surface area (Å²) in [5.74, 6) is 0.786. The first-order valence-electron chi connectivity index (χ1n) is 11.7. The topological polar surface area (TPSA) is 74.1 Å². The normalized spacial score (nSPS) is 11.8. The number of rotatable bonds is 8. The van der Waals surface area contributed by atoms with Crippen molar-refractivity contribution in [2.24, 2.45) is 0 Å². The second-order valence-corrected chi connectivity index (χ2v) is 10.8. The fourth-order valence-electron chi connectivity index (χ4n) is 4.35. The standard InChI is InChI=1S/C28H27N3O3S/c1-3-35(32,33)23-12-6-11-22(18-23)31-27-24(25-17-20(2)19-30-28(25)31)13-7-14-26(27)34-16-8-10-21-9-4-5-15-29-21/h4-7,9,11-15,17-19H,3,8,10,16H2,1-2H3. The Morgan fingerprint density at radius 1 is 0.943 bits per heavy atom. The molecule has 3 aromatic heterocycles. The Balaban J connectivity index is 1.60. The van der Waals surface area contributed by atoms with E-state index in [0.29, 0.717) is 11.5 Å². The van der Waals surface area contributed by atoms with Gasteiger partial charge in [0, 0.05) is 34.5 Å². The van der Waals surface area contributed by atoms with E-state index in [1.54, 1.807) is 31.3 Å². The number of hydrogen-bond acceptors (Lipinski definition) is 5. The zero-order valence-electron chi connectivity index (χ0n) is 19.8. The molecule has 5 rings (SSSR count). The number of pyridine rings is 2. The van der Waals surface area contributed by atoms with Gasteiger partial charge in [-0.05, 0) is 67.8 Å². The van der Waals surface area contributed by atoms with Gasteiger partial charge < -0.3 is 4.74 Å². The number of aryl methyl sites for hydroxylation is 2. The van der Waals surface area contributed by atoms with Crippen LogP contribution in [0.4, 0.5) is 0 Å². The largest absolute Gasteiger partial charge is 0.491 e. The fourth-order valence-corrected chi connectivity index (χ4v) is 5.27. The van der Waals surface area contributed by atoms with Crippen LogP contribution in [0.2, 0.25) is 0 Å². The Morgan fingerprint density at radius 2 is 1.80 bits per heavy atom. The third-order valence-electron chi connectivity index (χ3n) is 6.10. The first-order valence-corrected chi connectivity index (χ1v) is 13.4. The molecule has 0 N–H and O–H groups in total. The molecular formula is C28H27N3O3S. The third-order valence-corrected chi connectivity index (χ3v) is 7.84. The molecule has 0 radical (unpaired) electrons. The van der Waals surface area contributed by atoms with Crippen LogP contribution in [0.1, 0.15) is 24.6 Å². The van der Waals surface area contributed by atoms with Crippen LogP contribution in [0.15, 0.2) is 84.0 Å². The van der Waals surface area contributed by atoms with Gasteiger partial charge in [-0.15, -0.1) is 0 Å². The van der Waals surface area contributed by atoms with Crippen LogP contribution in [0.5, 0.6) is 5.75 Å². The van der Waals surface area contributed by atoms with Gasteiger partial charge in [0.15, 0.2) is 9.84 Å². The first-order chi connectivity index (χ1) is 17.0. The van der Waals surface area contributed by atoms with Crippen molar-refractivity contribution in [1.29, 1.82) is 0 Å². The van der Waals surface area contributed by atoms with Crippen molar-refractivity contribution < 1.29 is 13.2 Å². The Labute approximate surface area is 205 Å². The number of nitrogens with zero attached hydrogens (tertiary/aromatic N) is 3. The number of benzene rings is 2. The van der Waals surface area contributed by atoms with Crippen molar-refractivity contribution in [2.45, 2.75) is 31.6 Å². The predicted molar refractivity (Wildman–Crippen MR) is 139 cm³/mol. The summed E-state index contributed by atoms with van der Waals surface area (Å²) in [4.78, 5) is 9.41. The molecule has 0 aliphatic rings. The molecule has 7 heteroatoms. The van der Waals surface area contributed by atoms with Gasteiger partial charge in [0.25, 0.3) is 0 Å². The molecule has 0 aliphatic heterocycles. The van der Waals surface area contributed by atoms with Gasteiger partial charge in [-0.25, -0.2) is 13.4 Å². The maximum absolute atomic E-state index is 12.6. The van der Waals surface area contributed by atoms with Crippen LogP contribution in [0.3, 0.4) is 0 Å². The van der Waals surface area contributed by atoms with Gasteiger partial charge in [-0.1, -0.05) is 31.2 Å². The van der Waals surface area contributed by atoms with Crippen LogP contribution in [0.25, 0.3) is 27.6 Å². The minimum absolute atomic E-state index is 0.0473. The van der Waals surface area contributed by atoms with Gasteiger partial charge in [0.2, 0.25) is 0 Å². The van der Waals surface area contributed by atoms with Crippen LogP contribution >= 0.6 is 0 Å². The van der Waals surface area contributed by atoms with Crippen molar-refractivity contribution in [2.75, 3.05) is 12.4 Å². The number of hydrogen-bond donors (Lipinski definition) is 0. The summed E-state index contributed by atoms with van der Waals surface area (Å²) >= 11 is 0. The summed E-state index contributed by atoms with van der Waals surface area (Å²) in [7, 11) is -3.35. The minimum Gasteiger partial charge on any atom is -0.491 e. The van der Waals surface area contributed by atoms with E-state index in [9.17, 15) is 8.42 Å². The lowest BCUT2D eigenvalue weighted by molar-refractivity contribution is 0.313. The number of ether oxygens (including phenoxy) is 1. The Kier molecular flexibility index (Phi) is 6.26. The molecule has 0 saturated heterocycles. The number of para-hydroxylation sites is 1. The molecule has 2 aromatic carbocycles. The van der Waals surface area contributed by atoms with Crippen LogP contribution in [-0.4, -0.2) is 35.3 Å². The summed E-state index contributed by atoms with van der Waals surface area (Å²) in [5, 5.41) is 2.02. The van der Waals surface area contributed by atoms with Crippen molar-refractivity contribution >= 4 is 31.8 Å². The molecule has 178 valence electrons. The molecule has 0 amide bonds. The summed E-state index contributed by atoms with van der Waals surface area (Å²) < 4.78 is 33.5. The molecular weight excluding hydrogens is 458 g/mol. The smallest absolute Gasteiger partial charge is 0.178 e. The molecule has 5 aromatic rings. The lowest BCUT2D eigenvalue weighted by Gasteiger charge is -2.13. The van der Waals surface area contributed by atoms with E-state index >= 15 is 0 Å². The van der Waals surface area contributed by atoms with Crippen LogP contribution < -0.4 is 4.74 Å². The summed E-state index contributed by atoms with van der Waals surface area (Å²) in [5.41, 5.74) is 4.48. The molecule has 0 fully saturated rings. The molecule has 0 spiro atoms. The Morgan fingerprint density at radius 3 is 2.60 bits per heavy atom. The Bertz CT molecular complexity index is 1610. The van der Waals surface area contributed by atoms with Crippen LogP contribution in [0, 0.1) is 6.92 Å². The molecule has 35 heavy (non-hydrogen) atoms. The molecule has 0 unspecified atom stereocenters. The maximum atomic E-state index is 12.6. The van der Waals surface area contributed by atoms with Crippen molar-refractivity contribution in [3.63, 3.8) is 0 Å². The monoisotopic (exact) mass is 485 g/mol. The number of sulfone groups is 1. The highest BCUT2D eigenvalue weighted by molar-refractivity contribution is 7.91. The van der Waals surface area contributed by atoms with Gasteiger partial charge in [0.1, 0.15) is 11.4 Å². The second-order valence-electron chi connectivity index (χ2n) is 8.55. The zero-order chi connectivity index (χ0) is 24.4. The SMILES string of the molecule is CCS(=O)(=O)c1cccc(-n2c3ncc(C)cc3c3cccc(OCCCc4ccccn4)c32)c1. The zero-order valence-corrected chi connectivity index (χ0v) is 20.6. The van der Waals surface area contributed by atoms with Gasteiger partial charge in [-0.2, -0.15) is 0 Å². The van der Waals surface area contributed by atoms with E-state index in [1.807, 2.05) is 54.1 Å². The van der Waals surface area contributed by atoms with E-state index in [1.165, 1.54) is 0 Å². The quantitative estimate of drug-likeness (QED) is 0.264. The second kappa shape index (κ2) is 9.50. The molecule has 0 saturated carbocycles. The summed E-state index contributed by atoms with van der Waals surface area (Å²) in [6, 6.07) is 21.1. The van der Waals surface area contributed by atoms with E-state index in [2.05, 4.69) is 17.1 Å². The number of fused-ring (bicyclic) bond motifs is 3. The molecule has 0 bridgehead atoms. The average Bonchev–Trinajstić information content (AvgIpc) is 3.21. The lowest BCUT2D eigenvalue weighted by Crippen LogP contribution is -2.06. The van der Waals surface area contributed by atoms with E-state index < -0.39 is 9.84 Å². The van der Waals surface area contributed by atoms with Crippen molar-refractivity contribution in [3.05, 3.63) is 90.4 Å². The molecule has 3 heterocycles. The fraction of sp³-hybridized carbons (Fsp3) is 0.214. The van der Waals surface area contributed by atoms with Gasteiger partial charge in [-0.3, -0.25) is 9.55 Å². The third kappa shape index (κ3) is 4.51. The number of aromatic nitrogens is 3. The Hall–Kier alpha value is -3.71.